The first kappa shape index (κ1) is 11.8. The Hall–Kier alpha value is -1.64. The van der Waals surface area contributed by atoms with E-state index in [0.29, 0.717) is 18.5 Å². The molecule has 0 saturated heterocycles. The van der Waals surface area contributed by atoms with Crippen molar-refractivity contribution < 1.29 is 9.59 Å². The number of Topliss-reactive ketones (excluding diaryl/α,β-unsaturated/α-hetero) is 1. The highest BCUT2D eigenvalue weighted by molar-refractivity contribution is 6.09. The average Bonchev–Trinajstić information content (AvgIpc) is 2.28. The molecule has 0 atom stereocenters. The predicted octanol–water partition coefficient (Wildman–Crippen LogP) is 2.65. The van der Waals surface area contributed by atoms with Gasteiger partial charge >= 0.3 is 0 Å². The summed E-state index contributed by atoms with van der Waals surface area (Å²) in [5.41, 5.74) is 0.994. The van der Waals surface area contributed by atoms with E-state index in [-0.39, 0.29) is 11.7 Å². The molecule has 0 spiro atoms. The van der Waals surface area contributed by atoms with Crippen LogP contribution in [0.3, 0.4) is 0 Å². The monoisotopic (exact) mass is 231 g/mol. The maximum absolute atomic E-state index is 12.3. The van der Waals surface area contributed by atoms with Gasteiger partial charge in [-0.3, -0.25) is 9.59 Å². The third-order valence-electron chi connectivity index (χ3n) is 2.94. The number of fused-ring (bicyclic) bond motifs is 1. The molecule has 90 valence electrons. The van der Waals surface area contributed by atoms with Crippen molar-refractivity contribution in [1.82, 2.24) is 0 Å². The summed E-state index contributed by atoms with van der Waals surface area (Å²) in [4.78, 5) is 25.8. The lowest BCUT2D eigenvalue weighted by atomic mass is 9.92. The molecule has 0 bridgehead atoms. The number of anilines is 1. The molecular weight excluding hydrogens is 214 g/mol. The smallest absolute Gasteiger partial charge is 0.232 e. The summed E-state index contributed by atoms with van der Waals surface area (Å²) >= 11 is 0. The lowest BCUT2D eigenvalue weighted by molar-refractivity contribution is -0.125. The van der Waals surface area contributed by atoms with Crippen molar-refractivity contribution >= 4 is 17.4 Å². The van der Waals surface area contributed by atoms with Crippen LogP contribution >= 0.6 is 0 Å². The van der Waals surface area contributed by atoms with Crippen molar-refractivity contribution in [3.05, 3.63) is 29.8 Å². The Kier molecular flexibility index (Phi) is 2.77. The van der Waals surface area contributed by atoms with E-state index >= 15 is 0 Å². The number of ketones is 1. The minimum atomic E-state index is -0.423. The van der Waals surface area contributed by atoms with Crippen molar-refractivity contribution in [2.75, 3.05) is 11.4 Å². The lowest BCUT2D eigenvalue weighted by Crippen LogP contribution is -2.43. The molecule has 0 aliphatic carbocycles. The van der Waals surface area contributed by atoms with Crippen LogP contribution in [0.15, 0.2) is 24.3 Å². The van der Waals surface area contributed by atoms with Gasteiger partial charge in [-0.1, -0.05) is 32.9 Å². The second kappa shape index (κ2) is 3.99. The van der Waals surface area contributed by atoms with Gasteiger partial charge in [-0.25, -0.2) is 0 Å². The van der Waals surface area contributed by atoms with Gasteiger partial charge in [-0.05, 0) is 12.1 Å². The summed E-state index contributed by atoms with van der Waals surface area (Å²) in [6.07, 6.45) is 0.416. The Morgan fingerprint density at radius 1 is 1.24 bits per heavy atom. The van der Waals surface area contributed by atoms with Gasteiger partial charge in [-0.2, -0.15) is 0 Å². The number of benzene rings is 1. The fourth-order valence-electron chi connectivity index (χ4n) is 2.03. The third-order valence-corrected chi connectivity index (χ3v) is 2.94. The maximum Gasteiger partial charge on any atom is 0.232 e. The Bertz CT molecular complexity index is 471. The topological polar surface area (TPSA) is 37.4 Å². The Morgan fingerprint density at radius 3 is 2.53 bits per heavy atom. The second-order valence-electron chi connectivity index (χ2n) is 5.40. The third kappa shape index (κ3) is 2.09. The van der Waals surface area contributed by atoms with Crippen LogP contribution in [0.5, 0.6) is 0 Å². The fourth-order valence-corrected chi connectivity index (χ4v) is 2.03. The second-order valence-corrected chi connectivity index (χ2v) is 5.40. The fraction of sp³-hybridized carbons (Fsp3) is 0.429. The Morgan fingerprint density at radius 2 is 1.88 bits per heavy atom. The quantitative estimate of drug-likeness (QED) is 0.688. The Labute approximate surface area is 101 Å². The van der Waals surface area contributed by atoms with E-state index in [9.17, 15) is 9.59 Å². The van der Waals surface area contributed by atoms with Crippen LogP contribution in [0.2, 0.25) is 0 Å². The van der Waals surface area contributed by atoms with Crippen molar-refractivity contribution in [2.45, 2.75) is 27.2 Å². The predicted molar refractivity (Wildman–Crippen MR) is 67.2 cm³/mol. The summed E-state index contributed by atoms with van der Waals surface area (Å²) < 4.78 is 0. The molecule has 1 aliphatic rings. The van der Waals surface area contributed by atoms with Gasteiger partial charge in [0.25, 0.3) is 0 Å². The van der Waals surface area contributed by atoms with E-state index in [2.05, 4.69) is 0 Å². The normalized spacial score (nSPS) is 15.7. The molecule has 0 saturated carbocycles. The van der Waals surface area contributed by atoms with E-state index in [1.807, 2.05) is 39.0 Å². The molecule has 0 radical (unpaired) electrons. The summed E-state index contributed by atoms with van der Waals surface area (Å²) in [7, 11) is 0. The van der Waals surface area contributed by atoms with Crippen LogP contribution < -0.4 is 4.90 Å². The van der Waals surface area contributed by atoms with Gasteiger partial charge in [0.1, 0.15) is 0 Å². The molecule has 3 heteroatoms. The van der Waals surface area contributed by atoms with Gasteiger partial charge in [-0.15, -0.1) is 0 Å². The largest absolute Gasteiger partial charge is 0.311 e. The van der Waals surface area contributed by atoms with Crippen LogP contribution in [0.1, 0.15) is 37.6 Å². The summed E-state index contributed by atoms with van der Waals surface area (Å²) in [5, 5.41) is 0. The van der Waals surface area contributed by atoms with E-state index in [1.54, 1.807) is 11.0 Å². The molecule has 1 aliphatic heterocycles. The van der Waals surface area contributed by atoms with Gasteiger partial charge in [0.05, 0.1) is 5.69 Å². The van der Waals surface area contributed by atoms with Gasteiger partial charge in [0.2, 0.25) is 5.91 Å². The maximum atomic E-state index is 12.3. The van der Waals surface area contributed by atoms with E-state index in [4.69, 9.17) is 0 Å². The SMILES string of the molecule is CC(C)(C)C(=O)N1CCC(=O)c2ccccc21. The number of amides is 1. The first-order valence-electron chi connectivity index (χ1n) is 5.85. The number of para-hydroxylation sites is 1. The van der Waals surface area contributed by atoms with Crippen LogP contribution in [0, 0.1) is 5.41 Å². The van der Waals surface area contributed by atoms with Crippen molar-refractivity contribution in [2.24, 2.45) is 5.41 Å². The molecule has 0 aromatic heterocycles. The van der Waals surface area contributed by atoms with Crippen LogP contribution in [0.4, 0.5) is 5.69 Å². The molecule has 1 aromatic rings. The zero-order chi connectivity index (χ0) is 12.6. The number of nitrogens with zero attached hydrogens (tertiary/aromatic N) is 1. The van der Waals surface area contributed by atoms with Crippen molar-refractivity contribution in [3.8, 4) is 0 Å². The Balaban J connectivity index is 2.44. The molecule has 2 rings (SSSR count). The molecule has 0 N–H and O–H groups in total. The molecule has 1 amide bonds. The number of carbonyl (C=O) groups excluding carboxylic acids is 2. The number of hydrogen-bond acceptors (Lipinski definition) is 2. The molecular formula is C14H17NO2. The zero-order valence-corrected chi connectivity index (χ0v) is 10.5. The molecule has 3 nitrogen and oxygen atoms in total. The number of hydrogen-bond donors (Lipinski definition) is 0. The highest BCUT2D eigenvalue weighted by Gasteiger charge is 2.32. The molecule has 17 heavy (non-hydrogen) atoms. The van der Waals surface area contributed by atoms with Crippen LogP contribution in [0.25, 0.3) is 0 Å². The number of rotatable bonds is 0. The van der Waals surface area contributed by atoms with Crippen LogP contribution in [-0.2, 0) is 4.79 Å². The average molecular weight is 231 g/mol. The summed E-state index contributed by atoms with van der Waals surface area (Å²) in [6, 6.07) is 7.33. The minimum Gasteiger partial charge on any atom is -0.311 e. The molecule has 0 fully saturated rings. The zero-order valence-electron chi connectivity index (χ0n) is 10.5. The highest BCUT2D eigenvalue weighted by atomic mass is 16.2. The highest BCUT2D eigenvalue weighted by Crippen LogP contribution is 2.30. The van der Waals surface area contributed by atoms with Gasteiger partial charge in [0.15, 0.2) is 5.78 Å². The molecule has 1 aromatic carbocycles. The van der Waals surface area contributed by atoms with E-state index in [1.165, 1.54) is 0 Å². The molecule has 1 heterocycles. The minimum absolute atomic E-state index is 0.0671. The lowest BCUT2D eigenvalue weighted by Gasteiger charge is -2.33. The van der Waals surface area contributed by atoms with Crippen molar-refractivity contribution in [3.63, 3.8) is 0 Å². The summed E-state index contributed by atoms with van der Waals surface area (Å²) in [6.45, 7) is 6.18. The van der Waals surface area contributed by atoms with Gasteiger partial charge in [0, 0.05) is 23.9 Å². The molecule has 0 unspecified atom stereocenters. The van der Waals surface area contributed by atoms with E-state index in [0.717, 1.165) is 5.69 Å². The first-order valence-corrected chi connectivity index (χ1v) is 5.85. The van der Waals surface area contributed by atoms with E-state index < -0.39 is 5.41 Å². The van der Waals surface area contributed by atoms with Crippen LogP contribution in [-0.4, -0.2) is 18.2 Å². The first-order chi connectivity index (χ1) is 7.91. The summed E-state index contributed by atoms with van der Waals surface area (Å²) in [5.74, 6) is 0.191. The number of carbonyl (C=O) groups is 2. The standard InChI is InChI=1S/C14H17NO2/c1-14(2,3)13(17)15-9-8-12(16)10-6-4-5-7-11(10)15/h4-7H,8-9H2,1-3H3. The van der Waals surface area contributed by atoms with Gasteiger partial charge < -0.3 is 4.90 Å². The van der Waals surface area contributed by atoms with Crippen molar-refractivity contribution in [1.29, 1.82) is 0 Å².